The van der Waals surface area contributed by atoms with Crippen LogP contribution in [0.1, 0.15) is 305 Å². The van der Waals surface area contributed by atoms with Crippen LogP contribution in [0.5, 0.6) is 0 Å². The van der Waals surface area contributed by atoms with E-state index in [1.165, 1.54) is 359 Å². The third-order valence-corrected chi connectivity index (χ3v) is 27.0. The van der Waals surface area contributed by atoms with E-state index >= 15 is 0 Å². The van der Waals surface area contributed by atoms with Gasteiger partial charge in [-0.15, -0.1) is 68.0 Å². The predicted molar refractivity (Wildman–Crippen MR) is 397 cm³/mol. The molecule has 2 atom stereocenters. The monoisotopic (exact) mass is 1370 g/mol. The minimum absolute atomic E-state index is 0.742. The lowest BCUT2D eigenvalue weighted by atomic mass is 9.89. The second kappa shape index (κ2) is 40.6. The van der Waals surface area contributed by atoms with Gasteiger partial charge in [0.05, 0.1) is 7.57 Å². The van der Waals surface area contributed by atoms with E-state index in [9.17, 15) is 0 Å². The SMILES string of the molecule is CCCCCCCCCCCCC(CCCCCCCCCC)Cc1cc(-c2c3cc(-c4ccc(C)s4)sc3c(-c3cc(CC(CCCCCCCCCC)CCCCCCCCCCCC)c(Br)s3)c3cc(-c4ccc(C)s4)sc23)sc1Br. The maximum Gasteiger partial charge on any atom is 0.0737 e. The van der Waals surface area contributed by atoms with Crippen LogP contribution in [0.25, 0.3) is 60.6 Å². The molecule has 0 nitrogen and oxygen atoms in total. The van der Waals surface area contributed by atoms with Crippen molar-refractivity contribution >= 4 is 120 Å². The fourth-order valence-corrected chi connectivity index (χ4v) is 21.3. The van der Waals surface area contributed by atoms with Crippen molar-refractivity contribution in [3.05, 3.63) is 77.0 Å². The maximum absolute atomic E-state index is 4.30. The summed E-state index contributed by atoms with van der Waals surface area (Å²) in [5.41, 5.74) is 6.01. The number of unbranched alkanes of at least 4 members (excludes halogenated alkanes) is 32. The average molecular weight is 1380 g/mol. The van der Waals surface area contributed by atoms with Crippen molar-refractivity contribution in [3.8, 4) is 40.4 Å². The van der Waals surface area contributed by atoms with Crippen LogP contribution in [0.15, 0.2) is 56.1 Å². The molecule has 8 heteroatoms. The summed E-state index contributed by atoms with van der Waals surface area (Å²) in [6.07, 6.45) is 58.4. The highest BCUT2D eigenvalue weighted by molar-refractivity contribution is 9.11. The Labute approximate surface area is 555 Å². The van der Waals surface area contributed by atoms with Gasteiger partial charge in [0.15, 0.2) is 0 Å². The van der Waals surface area contributed by atoms with Gasteiger partial charge in [-0.2, -0.15) is 0 Å². The van der Waals surface area contributed by atoms with Crippen LogP contribution in [0.3, 0.4) is 0 Å². The van der Waals surface area contributed by atoms with Gasteiger partial charge in [-0.05, 0) is 130 Å². The first-order valence-electron chi connectivity index (χ1n) is 34.9. The van der Waals surface area contributed by atoms with Gasteiger partial charge in [0.1, 0.15) is 0 Å². The summed E-state index contributed by atoms with van der Waals surface area (Å²) in [5.74, 6) is 1.48. The molecule has 0 aliphatic rings. The highest BCUT2D eigenvalue weighted by Gasteiger charge is 2.27. The van der Waals surface area contributed by atoms with Crippen LogP contribution in [0.2, 0.25) is 0 Å². The van der Waals surface area contributed by atoms with Gasteiger partial charge in [-0.3, -0.25) is 0 Å². The van der Waals surface area contributed by atoms with E-state index in [4.69, 9.17) is 0 Å². The fourth-order valence-electron chi connectivity index (χ4n) is 13.3. The van der Waals surface area contributed by atoms with Gasteiger partial charge >= 0.3 is 0 Å². The van der Waals surface area contributed by atoms with Crippen LogP contribution in [-0.4, -0.2) is 0 Å². The molecule has 6 heterocycles. The minimum atomic E-state index is 0.742. The molecule has 7 rings (SSSR count). The number of halogens is 2. The Kier molecular flexibility index (Phi) is 34.0. The van der Waals surface area contributed by atoms with E-state index in [2.05, 4.69) is 145 Å². The van der Waals surface area contributed by atoms with Crippen LogP contribution in [-0.2, 0) is 12.8 Å². The zero-order valence-electron chi connectivity index (χ0n) is 53.7. The Balaban J connectivity index is 1.19. The normalized spacial score (nSPS) is 12.8. The lowest BCUT2D eigenvalue weighted by Crippen LogP contribution is -2.05. The van der Waals surface area contributed by atoms with E-state index in [1.54, 1.807) is 0 Å². The molecular formula is C76H112Br2S6. The molecule has 0 fully saturated rings. The molecule has 84 heavy (non-hydrogen) atoms. The standard InChI is InChI=1S/C76H112Br2S6/c1-7-11-15-19-23-27-29-33-37-41-45-59(43-39-35-31-25-21-17-13-9-3)51-61-53-69(83-75(61)77)71-63-55-67(65-49-47-57(5)79-65)82-74(63)72(64-56-68(81-73(64)71)66-50-48-58(6)80-66)70-54-62(76(78)84-70)52-60(44-40-36-32-26-22-18-14-10-4)46-42-38-34-30-28-24-20-16-12-8-2/h47-50,53-56,59-60H,7-46,51-52H2,1-6H3. The van der Waals surface area contributed by atoms with Gasteiger partial charge < -0.3 is 0 Å². The molecule has 466 valence electrons. The molecule has 7 aromatic rings. The zero-order valence-corrected chi connectivity index (χ0v) is 61.7. The number of thiophene rings is 6. The molecular weight excluding hydrogens is 1270 g/mol. The topological polar surface area (TPSA) is 0 Å². The number of aryl methyl sites for hydroxylation is 2. The summed E-state index contributed by atoms with van der Waals surface area (Å²) in [6, 6.07) is 19.9. The van der Waals surface area contributed by atoms with Gasteiger partial charge in [-0.1, -0.05) is 285 Å². The summed E-state index contributed by atoms with van der Waals surface area (Å²) >= 11 is 20.6. The Morgan fingerprint density at radius 3 is 0.833 bits per heavy atom. The zero-order chi connectivity index (χ0) is 59.1. The largest absolute Gasteiger partial charge is 0.140 e. The predicted octanol–water partition coefficient (Wildman–Crippen LogP) is 31.2. The minimum Gasteiger partial charge on any atom is -0.140 e. The summed E-state index contributed by atoms with van der Waals surface area (Å²) < 4.78 is 5.64. The molecule has 0 N–H and O–H groups in total. The number of benzene rings is 1. The molecule has 1 aromatic carbocycles. The molecule has 0 saturated heterocycles. The average Bonchev–Trinajstić information content (AvgIpc) is 1.71. The van der Waals surface area contributed by atoms with Crippen LogP contribution >= 0.6 is 99.9 Å². The van der Waals surface area contributed by atoms with Crippen molar-refractivity contribution in [1.82, 2.24) is 0 Å². The Bertz CT molecular complexity index is 2610. The molecule has 0 aliphatic carbocycles. The number of hydrogen-bond acceptors (Lipinski definition) is 6. The summed E-state index contributed by atoms with van der Waals surface area (Å²) in [4.78, 5) is 11.3. The summed E-state index contributed by atoms with van der Waals surface area (Å²) in [7, 11) is 0. The third kappa shape index (κ3) is 23.3. The summed E-state index contributed by atoms with van der Waals surface area (Å²) in [5, 5.41) is 2.89. The van der Waals surface area contributed by atoms with Crippen molar-refractivity contribution < 1.29 is 0 Å². The fraction of sp³-hybridized carbons (Fsp3) is 0.658. The second-order valence-electron chi connectivity index (χ2n) is 25.7. The lowest BCUT2D eigenvalue weighted by Gasteiger charge is -2.17. The number of fused-ring (bicyclic) bond motifs is 2. The van der Waals surface area contributed by atoms with Gasteiger partial charge in [0.25, 0.3) is 0 Å². The van der Waals surface area contributed by atoms with E-state index in [1.807, 2.05) is 45.3 Å². The van der Waals surface area contributed by atoms with Crippen LogP contribution in [0, 0.1) is 25.7 Å². The lowest BCUT2D eigenvalue weighted by molar-refractivity contribution is 0.400. The molecule has 0 saturated carbocycles. The van der Waals surface area contributed by atoms with Gasteiger partial charge in [0.2, 0.25) is 0 Å². The molecule has 6 aromatic heterocycles. The molecule has 2 unspecified atom stereocenters. The number of rotatable bonds is 48. The second-order valence-corrected chi connectivity index (χ2v) is 35.1. The maximum atomic E-state index is 4.30. The molecule has 0 aliphatic heterocycles. The molecule has 0 radical (unpaired) electrons. The van der Waals surface area contributed by atoms with E-state index in [-0.39, 0.29) is 0 Å². The highest BCUT2D eigenvalue weighted by atomic mass is 79.9. The van der Waals surface area contributed by atoms with Gasteiger partial charge in [0, 0.05) is 70.3 Å². The Hall–Kier alpha value is -1.10. The van der Waals surface area contributed by atoms with Crippen molar-refractivity contribution in [2.75, 3.05) is 0 Å². The first-order valence-corrected chi connectivity index (χ1v) is 41.4. The van der Waals surface area contributed by atoms with Crippen molar-refractivity contribution in [2.45, 2.75) is 311 Å². The van der Waals surface area contributed by atoms with E-state index in [0.29, 0.717) is 0 Å². The number of hydrogen-bond donors (Lipinski definition) is 0. The first kappa shape index (κ1) is 70.4. The van der Waals surface area contributed by atoms with Crippen molar-refractivity contribution in [1.29, 1.82) is 0 Å². The first-order chi connectivity index (χ1) is 41.2. The van der Waals surface area contributed by atoms with E-state index in [0.717, 1.165) is 11.8 Å². The van der Waals surface area contributed by atoms with Crippen LogP contribution < -0.4 is 0 Å². The van der Waals surface area contributed by atoms with E-state index < -0.39 is 0 Å². The Morgan fingerprint density at radius 1 is 0.298 bits per heavy atom. The quantitative estimate of drug-likeness (QED) is 0.0334. The highest BCUT2D eigenvalue weighted by Crippen LogP contribution is 2.56. The molecule has 0 spiro atoms. The smallest absolute Gasteiger partial charge is 0.0737 e. The van der Waals surface area contributed by atoms with Crippen molar-refractivity contribution in [2.24, 2.45) is 11.8 Å². The Morgan fingerprint density at radius 2 is 0.571 bits per heavy atom. The summed E-state index contributed by atoms with van der Waals surface area (Å²) in [6.45, 7) is 13.9. The van der Waals surface area contributed by atoms with Crippen molar-refractivity contribution in [3.63, 3.8) is 0 Å². The third-order valence-electron chi connectivity index (χ3n) is 18.3. The molecule has 0 amide bonds. The van der Waals surface area contributed by atoms with Crippen LogP contribution in [0.4, 0.5) is 0 Å². The molecule has 0 bridgehead atoms. The van der Waals surface area contributed by atoms with Gasteiger partial charge in [-0.25, -0.2) is 0 Å².